The zero-order valence-electron chi connectivity index (χ0n) is 10.1. The average Bonchev–Trinajstić information content (AvgIpc) is 2.35. The minimum atomic E-state index is -0.956. The average molecular weight is 238 g/mol. The standard InChI is InChI=1S/C12H18N2O3/c1-3-10(8-17-2)14-7-11-5-4-9(6-13-11)12(15)16/h4-6,10,14H,3,7-8H2,1-2H3,(H,15,16). The van der Waals surface area contributed by atoms with E-state index in [2.05, 4.69) is 17.2 Å². The zero-order valence-corrected chi connectivity index (χ0v) is 10.1. The van der Waals surface area contributed by atoms with Crippen LogP contribution in [0.3, 0.4) is 0 Å². The molecule has 1 rings (SSSR count). The summed E-state index contributed by atoms with van der Waals surface area (Å²) in [6.07, 6.45) is 2.34. The Labute approximate surface area is 101 Å². The first-order valence-electron chi connectivity index (χ1n) is 5.58. The maximum atomic E-state index is 10.6. The molecule has 0 fully saturated rings. The highest BCUT2D eigenvalue weighted by atomic mass is 16.5. The molecule has 0 spiro atoms. The van der Waals surface area contributed by atoms with Crippen LogP contribution in [0.15, 0.2) is 18.3 Å². The lowest BCUT2D eigenvalue weighted by Crippen LogP contribution is -2.32. The Morgan fingerprint density at radius 3 is 2.82 bits per heavy atom. The Hall–Kier alpha value is -1.46. The minimum Gasteiger partial charge on any atom is -0.478 e. The fourth-order valence-electron chi connectivity index (χ4n) is 1.43. The van der Waals surface area contributed by atoms with Crippen LogP contribution >= 0.6 is 0 Å². The molecule has 1 heterocycles. The zero-order chi connectivity index (χ0) is 12.7. The van der Waals surface area contributed by atoms with Crippen LogP contribution in [0.1, 0.15) is 29.4 Å². The van der Waals surface area contributed by atoms with Gasteiger partial charge in [0.2, 0.25) is 0 Å². The van der Waals surface area contributed by atoms with Crippen LogP contribution in [0.5, 0.6) is 0 Å². The summed E-state index contributed by atoms with van der Waals surface area (Å²) in [6, 6.07) is 3.57. The van der Waals surface area contributed by atoms with Crippen molar-refractivity contribution in [2.24, 2.45) is 0 Å². The van der Waals surface area contributed by atoms with Gasteiger partial charge in [0.15, 0.2) is 0 Å². The number of methoxy groups -OCH3 is 1. The van der Waals surface area contributed by atoms with Crippen molar-refractivity contribution in [2.75, 3.05) is 13.7 Å². The number of carbonyl (C=O) groups is 1. The van der Waals surface area contributed by atoms with E-state index in [0.29, 0.717) is 19.2 Å². The van der Waals surface area contributed by atoms with Gasteiger partial charge in [0, 0.05) is 25.9 Å². The van der Waals surface area contributed by atoms with E-state index in [0.717, 1.165) is 12.1 Å². The molecule has 94 valence electrons. The van der Waals surface area contributed by atoms with E-state index in [1.807, 2.05) is 0 Å². The highest BCUT2D eigenvalue weighted by Crippen LogP contribution is 2.01. The number of pyridine rings is 1. The van der Waals surface area contributed by atoms with Gasteiger partial charge in [-0.2, -0.15) is 0 Å². The summed E-state index contributed by atoms with van der Waals surface area (Å²) in [7, 11) is 1.67. The molecule has 0 saturated carbocycles. The number of ether oxygens (including phenoxy) is 1. The highest BCUT2D eigenvalue weighted by Gasteiger charge is 2.06. The molecule has 0 bridgehead atoms. The van der Waals surface area contributed by atoms with Crippen LogP contribution in [0, 0.1) is 0 Å². The molecule has 1 atom stereocenters. The Morgan fingerprint density at radius 2 is 2.35 bits per heavy atom. The third kappa shape index (κ3) is 4.50. The van der Waals surface area contributed by atoms with E-state index in [1.165, 1.54) is 6.20 Å². The molecular formula is C12H18N2O3. The topological polar surface area (TPSA) is 71.5 Å². The van der Waals surface area contributed by atoms with Gasteiger partial charge in [-0.25, -0.2) is 4.79 Å². The summed E-state index contributed by atoms with van der Waals surface area (Å²) >= 11 is 0. The van der Waals surface area contributed by atoms with E-state index in [9.17, 15) is 4.79 Å². The molecule has 0 aromatic carbocycles. The third-order valence-electron chi connectivity index (χ3n) is 2.50. The molecule has 0 aliphatic rings. The van der Waals surface area contributed by atoms with Crippen molar-refractivity contribution in [1.82, 2.24) is 10.3 Å². The van der Waals surface area contributed by atoms with Crippen molar-refractivity contribution < 1.29 is 14.6 Å². The molecule has 1 unspecified atom stereocenters. The lowest BCUT2D eigenvalue weighted by molar-refractivity contribution is 0.0696. The van der Waals surface area contributed by atoms with Gasteiger partial charge in [-0.3, -0.25) is 4.98 Å². The summed E-state index contributed by atoms with van der Waals surface area (Å²) in [5.41, 5.74) is 1.03. The van der Waals surface area contributed by atoms with Gasteiger partial charge in [-0.15, -0.1) is 0 Å². The fraction of sp³-hybridized carbons (Fsp3) is 0.500. The Kier molecular flexibility index (Phi) is 5.59. The second-order valence-corrected chi connectivity index (χ2v) is 3.78. The van der Waals surface area contributed by atoms with Crippen LogP contribution in [0.2, 0.25) is 0 Å². The van der Waals surface area contributed by atoms with Gasteiger partial charge < -0.3 is 15.2 Å². The number of hydrogen-bond acceptors (Lipinski definition) is 4. The molecule has 0 aliphatic heterocycles. The molecular weight excluding hydrogens is 220 g/mol. The van der Waals surface area contributed by atoms with Crippen molar-refractivity contribution in [3.63, 3.8) is 0 Å². The molecule has 5 nitrogen and oxygen atoms in total. The van der Waals surface area contributed by atoms with Gasteiger partial charge in [0.1, 0.15) is 0 Å². The lowest BCUT2D eigenvalue weighted by atomic mass is 10.2. The minimum absolute atomic E-state index is 0.206. The van der Waals surface area contributed by atoms with Crippen molar-refractivity contribution >= 4 is 5.97 Å². The van der Waals surface area contributed by atoms with Crippen molar-refractivity contribution in [3.8, 4) is 0 Å². The number of nitrogens with zero attached hydrogens (tertiary/aromatic N) is 1. The number of carboxylic acid groups (broad SMARTS) is 1. The van der Waals surface area contributed by atoms with E-state index >= 15 is 0 Å². The first-order chi connectivity index (χ1) is 8.17. The lowest BCUT2D eigenvalue weighted by Gasteiger charge is -2.15. The molecule has 2 N–H and O–H groups in total. The first kappa shape index (κ1) is 13.6. The molecule has 17 heavy (non-hydrogen) atoms. The normalized spacial score (nSPS) is 12.4. The Bertz CT molecular complexity index is 351. The summed E-state index contributed by atoms with van der Waals surface area (Å²) in [5.74, 6) is -0.956. The highest BCUT2D eigenvalue weighted by molar-refractivity contribution is 5.87. The Balaban J connectivity index is 2.48. The maximum absolute atomic E-state index is 10.6. The van der Waals surface area contributed by atoms with E-state index in [1.54, 1.807) is 19.2 Å². The number of hydrogen-bond donors (Lipinski definition) is 2. The van der Waals surface area contributed by atoms with Crippen LogP contribution in [0.4, 0.5) is 0 Å². The number of aromatic nitrogens is 1. The Morgan fingerprint density at radius 1 is 1.59 bits per heavy atom. The predicted octanol–water partition coefficient (Wildman–Crippen LogP) is 1.29. The third-order valence-corrected chi connectivity index (χ3v) is 2.50. The van der Waals surface area contributed by atoms with Gasteiger partial charge in [-0.05, 0) is 18.6 Å². The summed E-state index contributed by atoms with van der Waals surface area (Å²) < 4.78 is 5.07. The van der Waals surface area contributed by atoms with Crippen LogP contribution in [-0.4, -0.2) is 35.8 Å². The van der Waals surface area contributed by atoms with Crippen LogP contribution in [-0.2, 0) is 11.3 Å². The second-order valence-electron chi connectivity index (χ2n) is 3.78. The van der Waals surface area contributed by atoms with Crippen LogP contribution < -0.4 is 5.32 Å². The molecule has 0 radical (unpaired) electrons. The van der Waals surface area contributed by atoms with Crippen molar-refractivity contribution in [1.29, 1.82) is 0 Å². The van der Waals surface area contributed by atoms with Crippen LogP contribution in [0.25, 0.3) is 0 Å². The smallest absolute Gasteiger partial charge is 0.337 e. The number of nitrogens with one attached hydrogen (secondary N) is 1. The number of carboxylic acids is 1. The van der Waals surface area contributed by atoms with E-state index < -0.39 is 5.97 Å². The van der Waals surface area contributed by atoms with Gasteiger partial charge in [-0.1, -0.05) is 6.92 Å². The van der Waals surface area contributed by atoms with Gasteiger partial charge >= 0.3 is 5.97 Å². The number of aromatic carboxylic acids is 1. The second kappa shape index (κ2) is 6.98. The predicted molar refractivity (Wildman–Crippen MR) is 64.0 cm³/mol. The molecule has 0 saturated heterocycles. The van der Waals surface area contributed by atoms with Crippen molar-refractivity contribution in [2.45, 2.75) is 25.9 Å². The largest absolute Gasteiger partial charge is 0.478 e. The van der Waals surface area contributed by atoms with Gasteiger partial charge in [0.25, 0.3) is 0 Å². The number of rotatable bonds is 7. The molecule has 0 amide bonds. The molecule has 0 aliphatic carbocycles. The maximum Gasteiger partial charge on any atom is 0.337 e. The fourth-order valence-corrected chi connectivity index (χ4v) is 1.43. The van der Waals surface area contributed by atoms with E-state index in [-0.39, 0.29) is 5.56 Å². The van der Waals surface area contributed by atoms with E-state index in [4.69, 9.17) is 9.84 Å². The summed E-state index contributed by atoms with van der Waals surface area (Å²) in [6.45, 7) is 3.35. The monoisotopic (exact) mass is 238 g/mol. The quantitative estimate of drug-likeness (QED) is 0.749. The molecule has 1 aromatic heterocycles. The summed E-state index contributed by atoms with van der Waals surface area (Å²) in [5, 5.41) is 12.0. The SMILES string of the molecule is CCC(COC)NCc1ccc(C(=O)O)cn1. The molecule has 1 aromatic rings. The summed E-state index contributed by atoms with van der Waals surface area (Å²) in [4.78, 5) is 14.7. The molecule has 5 heteroatoms. The van der Waals surface area contributed by atoms with Crippen molar-refractivity contribution in [3.05, 3.63) is 29.6 Å². The first-order valence-corrected chi connectivity index (χ1v) is 5.58. The van der Waals surface area contributed by atoms with Gasteiger partial charge in [0.05, 0.1) is 17.9 Å².